The van der Waals surface area contributed by atoms with Crippen LogP contribution in [0.25, 0.3) is 10.9 Å². The molecular formula is C36H35N3O4. The second kappa shape index (κ2) is 13.7. The van der Waals surface area contributed by atoms with E-state index in [-0.39, 0.29) is 18.0 Å². The van der Waals surface area contributed by atoms with Gasteiger partial charge in [0.15, 0.2) is 0 Å². The van der Waals surface area contributed by atoms with Crippen LogP contribution in [0.2, 0.25) is 0 Å². The Morgan fingerprint density at radius 1 is 0.791 bits per heavy atom. The van der Waals surface area contributed by atoms with Gasteiger partial charge in [0.25, 0.3) is 11.5 Å². The number of carbonyl (C=O) groups is 2. The Balaban J connectivity index is 1.45. The third-order valence-electron chi connectivity index (χ3n) is 7.46. The summed E-state index contributed by atoms with van der Waals surface area (Å²) < 4.78 is 6.87. The van der Waals surface area contributed by atoms with E-state index < -0.39 is 11.5 Å². The topological polar surface area (TPSA) is 89.4 Å². The first kappa shape index (κ1) is 29.3. The maximum Gasteiger partial charge on any atom is 0.264 e. The molecule has 2 amide bonds. The first-order valence-electron chi connectivity index (χ1n) is 14.4. The van der Waals surface area contributed by atoms with Crippen LogP contribution in [0.4, 0.5) is 5.69 Å². The van der Waals surface area contributed by atoms with Gasteiger partial charge in [0.1, 0.15) is 11.3 Å². The summed E-state index contributed by atoms with van der Waals surface area (Å²) >= 11 is 0. The number of pyridine rings is 1. The Morgan fingerprint density at radius 3 is 2.21 bits per heavy atom. The monoisotopic (exact) mass is 573 g/mol. The normalized spacial score (nSPS) is 10.8. The molecule has 218 valence electrons. The van der Waals surface area contributed by atoms with Crippen molar-refractivity contribution in [3.63, 3.8) is 0 Å². The van der Waals surface area contributed by atoms with Crippen LogP contribution >= 0.6 is 0 Å². The zero-order valence-electron chi connectivity index (χ0n) is 24.4. The number of carbonyl (C=O) groups excluding carboxylic acids is 2. The van der Waals surface area contributed by atoms with Crippen LogP contribution in [-0.4, -0.2) is 30.0 Å². The van der Waals surface area contributed by atoms with Crippen molar-refractivity contribution in [1.82, 2.24) is 9.88 Å². The van der Waals surface area contributed by atoms with Gasteiger partial charge in [-0.3, -0.25) is 14.4 Å². The summed E-state index contributed by atoms with van der Waals surface area (Å²) in [5.74, 6) is 0.115. The Morgan fingerprint density at radius 2 is 1.49 bits per heavy atom. The van der Waals surface area contributed by atoms with Crippen LogP contribution in [0.1, 0.15) is 39.0 Å². The van der Waals surface area contributed by atoms with Crippen molar-refractivity contribution in [2.45, 2.75) is 32.7 Å². The van der Waals surface area contributed by atoms with Gasteiger partial charge in [0.05, 0.1) is 24.9 Å². The van der Waals surface area contributed by atoms with Crippen molar-refractivity contribution < 1.29 is 14.3 Å². The fraction of sp³-hybridized carbons (Fsp3) is 0.194. The Bertz CT molecular complexity index is 1780. The molecule has 0 saturated carbocycles. The second-order valence-electron chi connectivity index (χ2n) is 10.6. The number of fused-ring (bicyclic) bond motifs is 1. The molecule has 0 saturated heterocycles. The smallest absolute Gasteiger partial charge is 0.264 e. The lowest BCUT2D eigenvalue weighted by Gasteiger charge is -2.16. The van der Waals surface area contributed by atoms with Gasteiger partial charge in [-0.05, 0) is 66.8 Å². The summed E-state index contributed by atoms with van der Waals surface area (Å²) in [6.45, 7) is 2.66. The molecule has 0 fully saturated rings. The zero-order valence-corrected chi connectivity index (χ0v) is 24.4. The van der Waals surface area contributed by atoms with Crippen LogP contribution < -0.4 is 20.9 Å². The van der Waals surface area contributed by atoms with Gasteiger partial charge >= 0.3 is 0 Å². The number of aryl methyl sites for hydroxylation is 2. The number of anilines is 1. The Hall–Kier alpha value is -5.17. The molecule has 0 aliphatic heterocycles. The highest BCUT2D eigenvalue weighted by Crippen LogP contribution is 2.25. The first-order chi connectivity index (χ1) is 20.9. The maximum atomic E-state index is 13.8. The molecule has 7 nitrogen and oxygen atoms in total. The summed E-state index contributed by atoms with van der Waals surface area (Å²) in [6.07, 6.45) is 1.55. The number of amides is 2. The largest absolute Gasteiger partial charge is 0.497 e. The van der Waals surface area contributed by atoms with Crippen LogP contribution in [0.15, 0.2) is 108 Å². The number of methoxy groups -OCH3 is 1. The van der Waals surface area contributed by atoms with E-state index in [9.17, 15) is 14.4 Å². The molecular weight excluding hydrogens is 538 g/mol. The first-order valence-corrected chi connectivity index (χ1v) is 14.4. The van der Waals surface area contributed by atoms with E-state index in [4.69, 9.17) is 4.74 Å². The number of benzene rings is 4. The molecule has 5 rings (SSSR count). The Labute approximate surface area is 251 Å². The summed E-state index contributed by atoms with van der Waals surface area (Å²) in [5.41, 5.74) is 5.02. The van der Waals surface area contributed by atoms with E-state index in [0.717, 1.165) is 16.7 Å². The molecule has 1 heterocycles. The molecule has 0 bridgehead atoms. The lowest BCUT2D eigenvalue weighted by atomic mass is 10.1. The lowest BCUT2D eigenvalue weighted by Crippen LogP contribution is -2.34. The number of nitrogens with one attached hydrogen (secondary N) is 2. The third-order valence-corrected chi connectivity index (χ3v) is 7.46. The molecule has 0 radical (unpaired) electrons. The van der Waals surface area contributed by atoms with E-state index in [1.165, 1.54) is 5.56 Å². The van der Waals surface area contributed by atoms with Crippen molar-refractivity contribution >= 4 is 28.4 Å². The minimum atomic E-state index is -0.451. The van der Waals surface area contributed by atoms with Crippen LogP contribution in [0.3, 0.4) is 0 Å². The molecule has 0 spiro atoms. The maximum absolute atomic E-state index is 13.8. The van der Waals surface area contributed by atoms with Gasteiger partial charge in [-0.2, -0.15) is 0 Å². The highest BCUT2D eigenvalue weighted by atomic mass is 16.5. The molecule has 2 N–H and O–H groups in total. The summed E-state index contributed by atoms with van der Waals surface area (Å²) in [5, 5.41) is 6.55. The fourth-order valence-electron chi connectivity index (χ4n) is 5.03. The lowest BCUT2D eigenvalue weighted by molar-refractivity contribution is -0.116. The number of hydrogen-bond donors (Lipinski definition) is 2. The highest BCUT2D eigenvalue weighted by Gasteiger charge is 2.18. The molecule has 0 aliphatic rings. The predicted molar refractivity (Wildman–Crippen MR) is 171 cm³/mol. The molecule has 0 unspecified atom stereocenters. The fourth-order valence-corrected chi connectivity index (χ4v) is 5.03. The predicted octanol–water partition coefficient (Wildman–Crippen LogP) is 5.91. The SMILES string of the molecule is COc1ccc(Cn2c(=O)c(C(=O)NCCc3ccc(C)cc3)cc3c(NC(=O)CCc4ccccc4)cccc32)cc1. The van der Waals surface area contributed by atoms with Crippen LogP contribution in [-0.2, 0) is 24.2 Å². The molecule has 0 atom stereocenters. The van der Waals surface area contributed by atoms with Crippen molar-refractivity contribution in [3.8, 4) is 5.75 Å². The number of hydrogen-bond acceptors (Lipinski definition) is 4. The van der Waals surface area contributed by atoms with E-state index >= 15 is 0 Å². The summed E-state index contributed by atoms with van der Waals surface area (Å²) in [6, 6.07) is 32.5. The Kier molecular flexibility index (Phi) is 9.32. The number of aromatic nitrogens is 1. The molecule has 0 aliphatic carbocycles. The van der Waals surface area contributed by atoms with Crippen molar-refractivity contribution in [3.05, 3.63) is 141 Å². The number of ether oxygens (including phenoxy) is 1. The average molecular weight is 574 g/mol. The van der Waals surface area contributed by atoms with Crippen molar-refractivity contribution in [2.24, 2.45) is 0 Å². The van der Waals surface area contributed by atoms with E-state index in [1.54, 1.807) is 29.9 Å². The number of nitrogens with zero attached hydrogens (tertiary/aromatic N) is 1. The van der Waals surface area contributed by atoms with Gasteiger partial charge in [0, 0.05) is 18.4 Å². The van der Waals surface area contributed by atoms with Gasteiger partial charge in [0.2, 0.25) is 5.91 Å². The van der Waals surface area contributed by atoms with Gasteiger partial charge in [-0.15, -0.1) is 0 Å². The van der Waals surface area contributed by atoms with Gasteiger partial charge in [-0.25, -0.2) is 0 Å². The van der Waals surface area contributed by atoms with Crippen LogP contribution in [0, 0.1) is 6.92 Å². The minimum Gasteiger partial charge on any atom is -0.497 e. The minimum absolute atomic E-state index is 0.0240. The molecule has 43 heavy (non-hydrogen) atoms. The van der Waals surface area contributed by atoms with Gasteiger partial charge < -0.3 is 19.9 Å². The van der Waals surface area contributed by atoms with Crippen molar-refractivity contribution in [2.75, 3.05) is 19.0 Å². The van der Waals surface area contributed by atoms with Gasteiger partial charge in [-0.1, -0.05) is 78.4 Å². The molecule has 7 heteroatoms. The second-order valence-corrected chi connectivity index (χ2v) is 10.6. The quantitative estimate of drug-likeness (QED) is 0.206. The average Bonchev–Trinajstić information content (AvgIpc) is 3.03. The molecule has 1 aromatic heterocycles. The highest BCUT2D eigenvalue weighted by molar-refractivity contribution is 6.04. The summed E-state index contributed by atoms with van der Waals surface area (Å²) in [4.78, 5) is 40.2. The van der Waals surface area contributed by atoms with Crippen LogP contribution in [0.5, 0.6) is 5.75 Å². The van der Waals surface area contributed by atoms with E-state index in [2.05, 4.69) is 10.6 Å². The van der Waals surface area contributed by atoms with E-state index in [0.29, 0.717) is 48.1 Å². The molecule has 4 aromatic carbocycles. The molecule has 5 aromatic rings. The number of rotatable bonds is 11. The summed E-state index contributed by atoms with van der Waals surface area (Å²) in [7, 11) is 1.60. The third kappa shape index (κ3) is 7.38. The zero-order chi connectivity index (χ0) is 30.2. The van der Waals surface area contributed by atoms with E-state index in [1.807, 2.05) is 91.9 Å². The van der Waals surface area contributed by atoms with Crippen molar-refractivity contribution in [1.29, 1.82) is 0 Å². The standard InChI is InChI=1S/C36H35N3O4/c1-25-11-13-27(14-12-25)21-22-37-35(41)31-23-30-32(38-34(40)20-17-26-7-4-3-5-8-26)9-6-10-33(30)39(36(31)42)24-28-15-18-29(43-2)19-16-28/h3-16,18-19,23H,17,20-22,24H2,1-2H3,(H,37,41)(H,38,40).